The van der Waals surface area contributed by atoms with E-state index in [2.05, 4.69) is 12.2 Å². The van der Waals surface area contributed by atoms with E-state index in [0.29, 0.717) is 6.61 Å². The number of likely N-dealkylation sites (N-methyl/N-ethyl adjacent to an activating group) is 1. The van der Waals surface area contributed by atoms with Gasteiger partial charge in [0, 0.05) is 6.54 Å². The average Bonchev–Trinajstić information content (AvgIpc) is 2.20. The van der Waals surface area contributed by atoms with Gasteiger partial charge in [0.2, 0.25) is 0 Å². The summed E-state index contributed by atoms with van der Waals surface area (Å²) in [4.78, 5) is 2.02. The first-order valence-electron chi connectivity index (χ1n) is 5.28. The van der Waals surface area contributed by atoms with Gasteiger partial charge in [-0.3, -0.25) is 0 Å². The molecule has 0 aliphatic heterocycles. The molecule has 0 aromatic heterocycles. The molecule has 1 atom stereocenters. The van der Waals surface area contributed by atoms with Gasteiger partial charge in [0.25, 0.3) is 5.69 Å². The van der Waals surface area contributed by atoms with Gasteiger partial charge in [0.05, 0.1) is 6.61 Å². The molecule has 1 unspecified atom stereocenters. The van der Waals surface area contributed by atoms with Crippen molar-refractivity contribution < 1.29 is 9.05 Å². The number of hydrogen-bond acceptors (Lipinski definition) is 4. The summed E-state index contributed by atoms with van der Waals surface area (Å²) in [5.41, 5.74) is -1.46. The van der Waals surface area contributed by atoms with Crippen molar-refractivity contribution >= 4 is 29.7 Å². The van der Waals surface area contributed by atoms with E-state index >= 15 is 0 Å². The smallest absolute Gasteiger partial charge is 0.294 e. The molecule has 1 aromatic rings. The molecule has 96 valence electrons. The Kier molecular flexibility index (Phi) is 5.97. The van der Waals surface area contributed by atoms with Crippen LogP contribution in [-0.4, -0.2) is 32.1 Å². The highest BCUT2D eigenvalue weighted by Crippen LogP contribution is 2.53. The van der Waals surface area contributed by atoms with Crippen LogP contribution in [-0.2, 0) is 16.3 Å². The van der Waals surface area contributed by atoms with Gasteiger partial charge >= 0.3 is 0 Å². The highest BCUT2D eigenvalue weighted by Gasteiger charge is 2.15. The summed E-state index contributed by atoms with van der Waals surface area (Å²) in [6, 6.07) is 7.71. The summed E-state index contributed by atoms with van der Waals surface area (Å²) in [6.07, 6.45) is 0. The molecule has 0 aliphatic rings. The molecule has 1 aromatic carbocycles. The lowest BCUT2D eigenvalue weighted by atomic mass is 10.2. The van der Waals surface area contributed by atoms with E-state index < -0.39 is 5.69 Å². The number of nitrogens with zero attached hydrogens (tertiary/aromatic N) is 1. The number of para-hydroxylation sites is 1. The second-order valence-corrected chi connectivity index (χ2v) is 9.17. The zero-order valence-corrected chi connectivity index (χ0v) is 12.9. The standard InChI is InChI=1S/C11H18NO2PS2/c1-10-6-4-5-7-11(10)14-15(16,17)13-9-8-12(2)3/h4-7H,8-9H2,1-3H3,(H,16,17). The van der Waals surface area contributed by atoms with E-state index in [1.54, 1.807) is 0 Å². The van der Waals surface area contributed by atoms with Crippen LogP contribution >= 0.6 is 17.9 Å². The van der Waals surface area contributed by atoms with Crippen LogP contribution < -0.4 is 4.52 Å². The second-order valence-electron chi connectivity index (χ2n) is 3.96. The Hall–Kier alpha value is -0.0600. The minimum Gasteiger partial charge on any atom is -0.436 e. The highest BCUT2D eigenvalue weighted by atomic mass is 32.9. The summed E-state index contributed by atoms with van der Waals surface area (Å²) in [5, 5.41) is 0. The predicted molar refractivity (Wildman–Crippen MR) is 79.6 cm³/mol. The van der Waals surface area contributed by atoms with Crippen LogP contribution in [0.5, 0.6) is 5.75 Å². The molecular formula is C11H18NO2PS2. The van der Waals surface area contributed by atoms with Gasteiger partial charge in [0.1, 0.15) is 5.75 Å². The van der Waals surface area contributed by atoms with Gasteiger partial charge in [-0.05, 0) is 44.5 Å². The van der Waals surface area contributed by atoms with Gasteiger partial charge in [-0.25, -0.2) is 0 Å². The maximum absolute atomic E-state index is 5.66. The molecule has 6 heteroatoms. The SMILES string of the molecule is Cc1ccccc1OP(=S)(S)OCCN(C)C. The quantitative estimate of drug-likeness (QED) is 0.642. The van der Waals surface area contributed by atoms with Gasteiger partial charge in [-0.1, -0.05) is 30.4 Å². The summed E-state index contributed by atoms with van der Waals surface area (Å²) < 4.78 is 11.2. The van der Waals surface area contributed by atoms with E-state index in [9.17, 15) is 0 Å². The predicted octanol–water partition coefficient (Wildman–Crippen LogP) is 3.11. The van der Waals surface area contributed by atoms with Crippen molar-refractivity contribution in [1.82, 2.24) is 4.90 Å². The Balaban J connectivity index is 2.55. The van der Waals surface area contributed by atoms with E-state index in [1.807, 2.05) is 50.2 Å². The topological polar surface area (TPSA) is 21.7 Å². The van der Waals surface area contributed by atoms with Gasteiger partial charge in [0.15, 0.2) is 0 Å². The van der Waals surface area contributed by atoms with Crippen LogP contribution in [0.4, 0.5) is 0 Å². The van der Waals surface area contributed by atoms with Crippen LogP contribution in [0.15, 0.2) is 24.3 Å². The van der Waals surface area contributed by atoms with Crippen LogP contribution in [0.3, 0.4) is 0 Å². The first kappa shape index (κ1) is 15.0. The fraction of sp³-hybridized carbons (Fsp3) is 0.455. The maximum Gasteiger partial charge on any atom is 0.294 e. The van der Waals surface area contributed by atoms with Crippen molar-refractivity contribution in [2.75, 3.05) is 27.2 Å². The van der Waals surface area contributed by atoms with E-state index in [-0.39, 0.29) is 0 Å². The molecule has 0 aliphatic carbocycles. The largest absolute Gasteiger partial charge is 0.436 e. The summed E-state index contributed by atoms with van der Waals surface area (Å²) >= 11 is 9.56. The Labute approximate surface area is 113 Å². The molecular weight excluding hydrogens is 273 g/mol. The molecule has 0 spiro atoms. The number of rotatable bonds is 6. The first-order chi connectivity index (χ1) is 7.91. The molecule has 0 saturated heterocycles. The molecule has 0 N–H and O–H groups in total. The number of benzene rings is 1. The molecule has 0 amide bonds. The van der Waals surface area contributed by atoms with Gasteiger partial charge in [-0.15, -0.1) is 0 Å². The minimum atomic E-state index is -2.50. The molecule has 17 heavy (non-hydrogen) atoms. The van der Waals surface area contributed by atoms with Crippen LogP contribution in [0.1, 0.15) is 5.56 Å². The zero-order chi connectivity index (χ0) is 12.9. The number of hydrogen-bond donors (Lipinski definition) is 1. The normalized spacial score (nSPS) is 14.6. The Morgan fingerprint density at radius 1 is 1.35 bits per heavy atom. The lowest BCUT2D eigenvalue weighted by Gasteiger charge is -2.19. The molecule has 0 saturated carbocycles. The number of thiol groups is 1. The van der Waals surface area contributed by atoms with Crippen LogP contribution in [0, 0.1) is 6.92 Å². The molecule has 0 heterocycles. The third kappa shape index (κ3) is 5.89. The van der Waals surface area contributed by atoms with Crippen molar-refractivity contribution in [3.8, 4) is 5.75 Å². The lowest BCUT2D eigenvalue weighted by molar-refractivity contribution is 0.267. The fourth-order valence-corrected chi connectivity index (χ4v) is 2.94. The van der Waals surface area contributed by atoms with Crippen molar-refractivity contribution in [2.45, 2.75) is 6.92 Å². The molecule has 1 rings (SSSR count). The van der Waals surface area contributed by atoms with Crippen LogP contribution in [0.2, 0.25) is 0 Å². The fourth-order valence-electron chi connectivity index (χ4n) is 1.15. The maximum atomic E-state index is 5.66. The molecule has 0 radical (unpaired) electrons. The monoisotopic (exact) mass is 291 g/mol. The van der Waals surface area contributed by atoms with Gasteiger partial charge in [-0.2, -0.15) is 0 Å². The Bertz CT molecular complexity index is 412. The van der Waals surface area contributed by atoms with Crippen LogP contribution in [0.25, 0.3) is 0 Å². The van der Waals surface area contributed by atoms with Crippen molar-refractivity contribution in [3.05, 3.63) is 29.8 Å². The Morgan fingerprint density at radius 3 is 2.59 bits per heavy atom. The van der Waals surface area contributed by atoms with E-state index in [4.69, 9.17) is 20.9 Å². The highest BCUT2D eigenvalue weighted by molar-refractivity contribution is 8.60. The summed E-state index contributed by atoms with van der Waals surface area (Å²) in [5.74, 6) is 0.746. The van der Waals surface area contributed by atoms with E-state index in [0.717, 1.165) is 17.9 Å². The van der Waals surface area contributed by atoms with Crippen molar-refractivity contribution in [1.29, 1.82) is 0 Å². The molecule has 0 fully saturated rings. The van der Waals surface area contributed by atoms with Gasteiger partial charge < -0.3 is 13.9 Å². The average molecular weight is 291 g/mol. The third-order valence-corrected chi connectivity index (χ3v) is 4.17. The minimum absolute atomic E-state index is 0.527. The molecule has 0 bridgehead atoms. The number of aryl methyl sites for hydroxylation is 1. The zero-order valence-electron chi connectivity index (χ0n) is 10.3. The third-order valence-electron chi connectivity index (χ3n) is 2.10. The summed E-state index contributed by atoms with van der Waals surface area (Å²) in [6.45, 7) is 3.30. The Morgan fingerprint density at radius 2 is 2.00 bits per heavy atom. The second kappa shape index (κ2) is 6.76. The van der Waals surface area contributed by atoms with Crippen molar-refractivity contribution in [3.63, 3.8) is 0 Å². The summed E-state index contributed by atoms with van der Waals surface area (Å²) in [7, 11) is 3.96. The molecule has 3 nitrogen and oxygen atoms in total. The lowest BCUT2D eigenvalue weighted by Crippen LogP contribution is -2.17. The van der Waals surface area contributed by atoms with E-state index in [1.165, 1.54) is 0 Å². The van der Waals surface area contributed by atoms with Crippen molar-refractivity contribution in [2.24, 2.45) is 0 Å². The first-order valence-corrected chi connectivity index (χ1v) is 9.07.